The first-order chi connectivity index (χ1) is 10.6. The standard InChI is InChI=1S/C16H19N3O3/c1-3-5-13-9-15(19-18-13)17-16(21)10-22-14-7-4-6-12(8-14)11(2)20/h4,6-9H,3,5,10H2,1-2H3,(H2,17,18,19,21). The van der Waals surface area contributed by atoms with Crippen molar-refractivity contribution in [1.29, 1.82) is 0 Å². The molecule has 0 saturated heterocycles. The minimum absolute atomic E-state index is 0.0464. The van der Waals surface area contributed by atoms with Gasteiger partial charge in [0.15, 0.2) is 18.2 Å². The fourth-order valence-electron chi connectivity index (χ4n) is 1.96. The minimum Gasteiger partial charge on any atom is -0.484 e. The van der Waals surface area contributed by atoms with E-state index in [1.165, 1.54) is 6.92 Å². The Morgan fingerprint density at radius 1 is 1.32 bits per heavy atom. The van der Waals surface area contributed by atoms with Crippen LogP contribution in [0, 0.1) is 0 Å². The maximum atomic E-state index is 11.8. The number of carbonyl (C=O) groups excluding carboxylic acids is 2. The molecule has 0 saturated carbocycles. The first-order valence-electron chi connectivity index (χ1n) is 7.16. The van der Waals surface area contributed by atoms with E-state index in [-0.39, 0.29) is 18.3 Å². The van der Waals surface area contributed by atoms with Crippen molar-refractivity contribution in [3.63, 3.8) is 0 Å². The van der Waals surface area contributed by atoms with E-state index in [9.17, 15) is 9.59 Å². The molecule has 0 atom stereocenters. The van der Waals surface area contributed by atoms with Crippen molar-refractivity contribution < 1.29 is 14.3 Å². The second-order valence-corrected chi connectivity index (χ2v) is 4.95. The first-order valence-corrected chi connectivity index (χ1v) is 7.16. The topological polar surface area (TPSA) is 84.1 Å². The van der Waals surface area contributed by atoms with Gasteiger partial charge in [-0.15, -0.1) is 0 Å². The third kappa shape index (κ3) is 4.44. The summed E-state index contributed by atoms with van der Waals surface area (Å²) < 4.78 is 5.38. The van der Waals surface area contributed by atoms with Crippen LogP contribution >= 0.6 is 0 Å². The van der Waals surface area contributed by atoms with Crippen LogP contribution in [0.1, 0.15) is 36.3 Å². The van der Waals surface area contributed by atoms with Crippen LogP contribution in [-0.4, -0.2) is 28.5 Å². The molecule has 0 aliphatic carbocycles. The Bertz CT molecular complexity index is 664. The van der Waals surface area contributed by atoms with Crippen LogP contribution < -0.4 is 10.1 Å². The number of hydrogen-bond acceptors (Lipinski definition) is 4. The molecule has 1 aromatic heterocycles. The fraction of sp³-hybridized carbons (Fsp3) is 0.312. The number of amides is 1. The molecule has 0 unspecified atom stereocenters. The molecule has 1 aromatic carbocycles. The molecule has 0 aliphatic heterocycles. The van der Waals surface area contributed by atoms with Crippen LogP contribution in [0.5, 0.6) is 5.75 Å². The normalized spacial score (nSPS) is 10.3. The second-order valence-electron chi connectivity index (χ2n) is 4.95. The molecule has 6 nitrogen and oxygen atoms in total. The summed E-state index contributed by atoms with van der Waals surface area (Å²) in [4.78, 5) is 23.1. The summed E-state index contributed by atoms with van der Waals surface area (Å²) in [6, 6.07) is 8.54. The monoisotopic (exact) mass is 301 g/mol. The molecule has 1 heterocycles. The lowest BCUT2D eigenvalue weighted by Crippen LogP contribution is -2.20. The highest BCUT2D eigenvalue weighted by atomic mass is 16.5. The highest BCUT2D eigenvalue weighted by Gasteiger charge is 2.08. The molecule has 2 rings (SSSR count). The van der Waals surface area contributed by atoms with Gasteiger partial charge >= 0.3 is 0 Å². The van der Waals surface area contributed by atoms with E-state index >= 15 is 0 Å². The number of anilines is 1. The number of aryl methyl sites for hydroxylation is 1. The van der Waals surface area contributed by atoms with E-state index in [0.717, 1.165) is 18.5 Å². The third-order valence-electron chi connectivity index (χ3n) is 3.03. The molecule has 116 valence electrons. The summed E-state index contributed by atoms with van der Waals surface area (Å²) in [6.45, 7) is 3.41. The van der Waals surface area contributed by atoms with E-state index in [4.69, 9.17) is 4.74 Å². The van der Waals surface area contributed by atoms with Crippen molar-refractivity contribution in [2.75, 3.05) is 11.9 Å². The lowest BCUT2D eigenvalue weighted by molar-refractivity contribution is -0.118. The minimum atomic E-state index is -0.303. The maximum Gasteiger partial charge on any atom is 0.263 e. The summed E-state index contributed by atoms with van der Waals surface area (Å²) in [6.07, 6.45) is 1.89. The van der Waals surface area contributed by atoms with Crippen LogP contribution in [0.4, 0.5) is 5.82 Å². The Labute approximate surface area is 128 Å². The van der Waals surface area contributed by atoms with Crippen LogP contribution in [0.3, 0.4) is 0 Å². The zero-order valence-corrected chi connectivity index (χ0v) is 12.7. The quantitative estimate of drug-likeness (QED) is 0.770. The molecule has 0 fully saturated rings. The predicted molar refractivity (Wildman–Crippen MR) is 83.2 cm³/mol. The molecule has 0 bridgehead atoms. The van der Waals surface area contributed by atoms with Crippen LogP contribution in [0.2, 0.25) is 0 Å². The Morgan fingerprint density at radius 2 is 2.14 bits per heavy atom. The smallest absolute Gasteiger partial charge is 0.263 e. The van der Waals surface area contributed by atoms with E-state index in [0.29, 0.717) is 17.1 Å². The zero-order valence-electron chi connectivity index (χ0n) is 12.7. The van der Waals surface area contributed by atoms with Gasteiger partial charge in [0, 0.05) is 17.3 Å². The van der Waals surface area contributed by atoms with Gasteiger partial charge in [0.2, 0.25) is 0 Å². The maximum absolute atomic E-state index is 11.8. The average molecular weight is 301 g/mol. The highest BCUT2D eigenvalue weighted by Crippen LogP contribution is 2.14. The third-order valence-corrected chi connectivity index (χ3v) is 3.03. The van der Waals surface area contributed by atoms with E-state index in [2.05, 4.69) is 22.4 Å². The largest absolute Gasteiger partial charge is 0.484 e. The number of benzene rings is 1. The SMILES string of the molecule is CCCc1cc(NC(=O)COc2cccc(C(C)=O)c2)n[nH]1. The molecule has 2 N–H and O–H groups in total. The first kappa shape index (κ1) is 15.8. The number of aromatic nitrogens is 2. The van der Waals surface area contributed by atoms with Gasteiger partial charge in [-0.25, -0.2) is 0 Å². The molecule has 1 amide bonds. The van der Waals surface area contributed by atoms with Crippen molar-refractivity contribution in [1.82, 2.24) is 10.2 Å². The summed E-state index contributed by atoms with van der Waals surface area (Å²) in [5.74, 6) is 0.615. The fourth-order valence-corrected chi connectivity index (χ4v) is 1.96. The Morgan fingerprint density at radius 3 is 2.86 bits per heavy atom. The van der Waals surface area contributed by atoms with Gasteiger partial charge in [-0.1, -0.05) is 25.5 Å². The van der Waals surface area contributed by atoms with Gasteiger partial charge in [0.05, 0.1) is 0 Å². The summed E-state index contributed by atoms with van der Waals surface area (Å²) in [5, 5.41) is 9.53. The van der Waals surface area contributed by atoms with Gasteiger partial charge in [-0.3, -0.25) is 14.7 Å². The average Bonchev–Trinajstić information content (AvgIpc) is 2.93. The lowest BCUT2D eigenvalue weighted by atomic mass is 10.1. The van der Waals surface area contributed by atoms with Crippen LogP contribution in [0.15, 0.2) is 30.3 Å². The van der Waals surface area contributed by atoms with E-state index < -0.39 is 0 Å². The number of Topliss-reactive ketones (excluding diaryl/α,β-unsaturated/α-hetero) is 1. The van der Waals surface area contributed by atoms with Crippen molar-refractivity contribution in [3.05, 3.63) is 41.6 Å². The van der Waals surface area contributed by atoms with Crippen molar-refractivity contribution in [2.45, 2.75) is 26.7 Å². The molecular weight excluding hydrogens is 282 g/mol. The molecule has 0 radical (unpaired) electrons. The molecule has 2 aromatic rings. The van der Waals surface area contributed by atoms with Gasteiger partial charge in [-0.05, 0) is 25.5 Å². The molecule has 0 spiro atoms. The van der Waals surface area contributed by atoms with Crippen LogP contribution in [-0.2, 0) is 11.2 Å². The number of nitrogens with one attached hydrogen (secondary N) is 2. The number of ether oxygens (including phenoxy) is 1. The van der Waals surface area contributed by atoms with Gasteiger partial charge < -0.3 is 10.1 Å². The van der Waals surface area contributed by atoms with Gasteiger partial charge in [0.25, 0.3) is 5.91 Å². The van der Waals surface area contributed by atoms with E-state index in [1.807, 2.05) is 0 Å². The second kappa shape index (κ2) is 7.40. The molecule has 22 heavy (non-hydrogen) atoms. The van der Waals surface area contributed by atoms with Crippen molar-refractivity contribution >= 4 is 17.5 Å². The number of nitrogens with zero attached hydrogens (tertiary/aromatic N) is 1. The molecule has 0 aliphatic rings. The number of hydrogen-bond donors (Lipinski definition) is 2. The Balaban J connectivity index is 1.87. The van der Waals surface area contributed by atoms with Gasteiger partial charge in [-0.2, -0.15) is 5.10 Å². The van der Waals surface area contributed by atoms with Crippen LogP contribution in [0.25, 0.3) is 0 Å². The van der Waals surface area contributed by atoms with E-state index in [1.54, 1.807) is 30.3 Å². The summed E-state index contributed by atoms with van der Waals surface area (Å²) in [5.41, 5.74) is 1.53. The summed E-state index contributed by atoms with van der Waals surface area (Å²) in [7, 11) is 0. The number of ketones is 1. The Kier molecular flexibility index (Phi) is 5.30. The Hall–Kier alpha value is -2.63. The number of aromatic amines is 1. The van der Waals surface area contributed by atoms with Crippen molar-refractivity contribution in [2.24, 2.45) is 0 Å². The zero-order chi connectivity index (χ0) is 15.9. The molecular formula is C16H19N3O3. The number of carbonyl (C=O) groups is 2. The number of H-pyrrole nitrogens is 1. The summed E-state index contributed by atoms with van der Waals surface area (Å²) >= 11 is 0. The molecule has 6 heteroatoms. The van der Waals surface area contributed by atoms with Gasteiger partial charge in [0.1, 0.15) is 5.75 Å². The predicted octanol–water partition coefficient (Wildman–Crippen LogP) is 2.58. The van der Waals surface area contributed by atoms with Crippen molar-refractivity contribution in [3.8, 4) is 5.75 Å². The lowest BCUT2D eigenvalue weighted by Gasteiger charge is -2.06. The number of rotatable bonds is 7. The highest BCUT2D eigenvalue weighted by molar-refractivity contribution is 5.94.